The van der Waals surface area contributed by atoms with E-state index >= 15 is 0 Å². The number of pyridine rings is 1. The van der Waals surface area contributed by atoms with Crippen LogP contribution in [-0.4, -0.2) is 109 Å². The van der Waals surface area contributed by atoms with Crippen LogP contribution in [0.1, 0.15) is 38.5 Å². The van der Waals surface area contributed by atoms with Crippen LogP contribution in [0.2, 0.25) is 0 Å². The van der Waals surface area contributed by atoms with Crippen molar-refractivity contribution in [3.8, 4) is 0 Å². The molecule has 0 saturated carbocycles. The van der Waals surface area contributed by atoms with E-state index in [9.17, 15) is 9.59 Å². The highest BCUT2D eigenvalue weighted by molar-refractivity contribution is 6.60. The van der Waals surface area contributed by atoms with E-state index in [-0.39, 0.29) is 22.1 Å². The summed E-state index contributed by atoms with van der Waals surface area (Å²) in [4.78, 5) is 31.7. The van der Waals surface area contributed by atoms with Gasteiger partial charge in [0.1, 0.15) is 15.7 Å². The van der Waals surface area contributed by atoms with Crippen molar-refractivity contribution in [3.05, 3.63) is 101 Å². The van der Waals surface area contributed by atoms with Gasteiger partial charge in [0.05, 0.1) is 64.0 Å². The van der Waals surface area contributed by atoms with Gasteiger partial charge in [0.2, 0.25) is 5.91 Å². The Hall–Kier alpha value is -3.32. The molecule has 1 atom stereocenters. The first-order valence-electron chi connectivity index (χ1n) is 15.6. The predicted octanol–water partition coefficient (Wildman–Crippen LogP) is -7.65. The zero-order chi connectivity index (χ0) is 33.5. The number of rotatable bonds is 9. The number of amides is 1. The van der Waals surface area contributed by atoms with E-state index in [1.165, 1.54) is 5.56 Å². The summed E-state index contributed by atoms with van der Waals surface area (Å²) in [6.07, 6.45) is 1.77. The SMILES string of the molecule is Bc1nccc2cc(NC(=O)[C@@H](c3ccc(C(B)(B)OC(=O)c4ccc(C(B)(B)B)cc4C(B)(B)B)cc3)C(B)(B)N)ccc12. The Bertz CT molecular complexity index is 1750. The van der Waals surface area contributed by atoms with Crippen LogP contribution in [-0.2, 0) is 25.2 Å². The molecule has 0 bridgehead atoms. The molecule has 1 aromatic heterocycles. The highest BCUT2D eigenvalue weighted by Crippen LogP contribution is 2.30. The molecule has 216 valence electrons. The second-order valence-electron chi connectivity index (χ2n) is 15.4. The Morgan fingerprint density at radius 1 is 0.778 bits per heavy atom. The normalized spacial score (nSPS) is 13.2. The fourth-order valence-corrected chi connectivity index (χ4v) is 5.77. The Labute approximate surface area is 277 Å². The number of nitrogens with one attached hydrogen (secondary N) is 1. The van der Waals surface area contributed by atoms with E-state index in [1.807, 2.05) is 99.9 Å². The number of hydrogen-bond acceptors (Lipinski definition) is 5. The number of fused-ring (bicyclic) bond motifs is 1. The number of aromatic nitrogens is 1. The summed E-state index contributed by atoms with van der Waals surface area (Å²) in [5, 5.41) is 3.08. The third-order valence-electron chi connectivity index (χ3n) is 8.44. The predicted molar refractivity (Wildman–Crippen MR) is 217 cm³/mol. The Morgan fingerprint density at radius 3 is 1.98 bits per heavy atom. The van der Waals surface area contributed by atoms with Crippen molar-refractivity contribution >= 4 is 120 Å². The van der Waals surface area contributed by atoms with E-state index in [0.717, 1.165) is 33.1 Å². The molecule has 1 heterocycles. The lowest BCUT2D eigenvalue weighted by Gasteiger charge is -2.32. The maximum absolute atomic E-state index is 13.7. The van der Waals surface area contributed by atoms with Gasteiger partial charge in [0.15, 0.2) is 23.5 Å². The van der Waals surface area contributed by atoms with Gasteiger partial charge in [-0.2, -0.15) is 0 Å². The van der Waals surface area contributed by atoms with Gasteiger partial charge in [-0.3, -0.25) is 9.78 Å². The van der Waals surface area contributed by atoms with Crippen LogP contribution in [0.25, 0.3) is 10.8 Å². The molecule has 0 aliphatic rings. The highest BCUT2D eigenvalue weighted by Gasteiger charge is 2.35. The molecule has 0 radical (unpaired) electrons. The highest BCUT2D eigenvalue weighted by atomic mass is 16.5. The van der Waals surface area contributed by atoms with Crippen LogP contribution in [0.4, 0.5) is 5.69 Å². The molecular weight excluding hydrogens is 545 g/mol. The number of ether oxygens (including phenoxy) is 1. The largest absolute Gasteiger partial charge is 0.470 e. The van der Waals surface area contributed by atoms with Crippen molar-refractivity contribution in [1.29, 1.82) is 0 Å². The van der Waals surface area contributed by atoms with E-state index in [0.29, 0.717) is 11.3 Å². The Balaban J connectivity index is 1.58. The number of hydrogen-bond donors (Lipinski definition) is 2. The average Bonchev–Trinajstić information content (AvgIpc) is 2.91. The van der Waals surface area contributed by atoms with E-state index in [1.54, 1.807) is 6.20 Å². The first kappa shape index (κ1) is 34.6. The van der Waals surface area contributed by atoms with E-state index < -0.39 is 16.7 Å². The second kappa shape index (κ2) is 12.5. The number of esters is 1. The average molecular weight is 584 g/mol. The maximum atomic E-state index is 13.7. The molecule has 3 N–H and O–H groups in total. The molecule has 0 unspecified atom stereocenters. The Morgan fingerprint density at radius 2 is 1.40 bits per heavy atom. The molecule has 0 aliphatic carbocycles. The summed E-state index contributed by atoms with van der Waals surface area (Å²) in [5.41, 5.74) is 12.5. The number of benzene rings is 3. The van der Waals surface area contributed by atoms with Crippen LogP contribution < -0.4 is 16.6 Å². The van der Waals surface area contributed by atoms with Crippen LogP contribution in [0.3, 0.4) is 0 Å². The summed E-state index contributed by atoms with van der Waals surface area (Å²) in [7, 11) is 22.3. The molecule has 45 heavy (non-hydrogen) atoms. The number of anilines is 1. The van der Waals surface area contributed by atoms with Crippen molar-refractivity contribution in [2.45, 2.75) is 26.9 Å². The first-order valence-corrected chi connectivity index (χ1v) is 15.6. The first-order chi connectivity index (χ1) is 20.7. The van der Waals surface area contributed by atoms with Gasteiger partial charge in [0, 0.05) is 17.5 Å². The third kappa shape index (κ3) is 7.92. The standard InChI is InChI=1S/C28H38B11N3O3/c29-22-18-8-6-17(11-14(18)9-10-41-22)42-23(43)21(27(36,37)40)13-1-3-15(4-2-13)28(38,39)45-24(44)19-7-5-16(25(30,31)32)12-20(19)26(33,34)35/h1-12,21H,29-40H2,(H,42,43)/t21-/m1/s1. The molecule has 0 aliphatic heterocycles. The summed E-state index contributed by atoms with van der Waals surface area (Å²) in [6, 6.07) is 21.4. The number of carbonyl (C=O) groups excluding carboxylic acids is 2. The third-order valence-corrected chi connectivity index (χ3v) is 8.44. The second-order valence-corrected chi connectivity index (χ2v) is 15.4. The minimum absolute atomic E-state index is 0.0391. The minimum Gasteiger partial charge on any atom is -0.470 e. The topological polar surface area (TPSA) is 94.3 Å². The van der Waals surface area contributed by atoms with E-state index in [2.05, 4.69) is 63.4 Å². The molecule has 4 rings (SSSR count). The Kier molecular flexibility index (Phi) is 9.57. The summed E-state index contributed by atoms with van der Waals surface area (Å²) < 4.78 is 6.16. The van der Waals surface area contributed by atoms with Crippen LogP contribution in [0.15, 0.2) is 72.9 Å². The van der Waals surface area contributed by atoms with Crippen molar-refractivity contribution in [2.24, 2.45) is 5.73 Å². The number of nitrogens with zero attached hydrogens (tertiary/aromatic N) is 1. The molecule has 0 saturated heterocycles. The summed E-state index contributed by atoms with van der Waals surface area (Å²) in [5.74, 6) is -1.18. The fraction of sp³-hybridized carbons (Fsp3) is 0.179. The van der Waals surface area contributed by atoms with Crippen molar-refractivity contribution in [3.63, 3.8) is 0 Å². The van der Waals surface area contributed by atoms with Gasteiger partial charge in [-0.25, -0.2) is 4.79 Å². The molecule has 4 aromatic rings. The molecule has 3 aromatic carbocycles. The summed E-state index contributed by atoms with van der Waals surface area (Å²) in [6.45, 7) is 0. The molecule has 6 nitrogen and oxygen atoms in total. The van der Waals surface area contributed by atoms with Gasteiger partial charge < -0.3 is 15.8 Å². The lowest BCUT2D eigenvalue weighted by atomic mass is 9.37. The van der Waals surface area contributed by atoms with Crippen LogP contribution in [0.5, 0.6) is 0 Å². The molecule has 0 fully saturated rings. The van der Waals surface area contributed by atoms with Crippen LogP contribution in [0, 0.1) is 0 Å². The quantitative estimate of drug-likeness (QED) is 0.151. The monoisotopic (exact) mass is 585 g/mol. The van der Waals surface area contributed by atoms with Crippen molar-refractivity contribution < 1.29 is 14.3 Å². The lowest BCUT2D eigenvalue weighted by molar-refractivity contribution is -0.117. The fourth-order valence-electron chi connectivity index (χ4n) is 5.77. The number of nitrogens with two attached hydrogens (primary N) is 1. The molecule has 0 spiro atoms. The zero-order valence-corrected chi connectivity index (χ0v) is 28.8. The van der Waals surface area contributed by atoms with E-state index in [4.69, 9.17) is 10.5 Å². The van der Waals surface area contributed by atoms with Crippen LogP contribution >= 0.6 is 0 Å². The minimum atomic E-state index is -0.915. The van der Waals surface area contributed by atoms with Crippen molar-refractivity contribution in [1.82, 2.24) is 4.98 Å². The molecule has 17 heteroatoms. The number of carbonyl (C=O) groups is 2. The maximum Gasteiger partial charge on any atom is 0.337 e. The van der Waals surface area contributed by atoms with Gasteiger partial charge >= 0.3 is 5.97 Å². The van der Waals surface area contributed by atoms with Gasteiger partial charge in [-0.1, -0.05) is 63.8 Å². The van der Waals surface area contributed by atoms with Gasteiger partial charge in [0.25, 0.3) is 0 Å². The zero-order valence-electron chi connectivity index (χ0n) is 28.8. The molecular formula is C28H38B11N3O3. The smallest absolute Gasteiger partial charge is 0.337 e. The lowest BCUT2D eigenvalue weighted by Crippen LogP contribution is -2.51. The van der Waals surface area contributed by atoms with Gasteiger partial charge in [-0.15, -0.1) is 0 Å². The van der Waals surface area contributed by atoms with Crippen molar-refractivity contribution in [2.75, 3.05) is 5.32 Å². The van der Waals surface area contributed by atoms with Gasteiger partial charge in [-0.05, 0) is 51.5 Å². The summed E-state index contributed by atoms with van der Waals surface area (Å²) >= 11 is 0. The molecule has 1 amide bonds.